The Hall–Kier alpha value is -2.38. The topological polar surface area (TPSA) is 119 Å². The minimum atomic E-state index is -0.676. The molecule has 1 aliphatic carbocycles. The number of carbonyl (C=O) groups is 2. The van der Waals surface area contributed by atoms with Crippen LogP contribution in [-0.2, 0) is 14.3 Å². The predicted octanol–water partition coefficient (Wildman–Crippen LogP) is 2.11. The molecule has 2 aliphatic rings. The number of hydrogen-bond acceptors (Lipinski definition) is 7. The molecule has 10 nitrogen and oxygen atoms in total. The Labute approximate surface area is 204 Å². The summed E-state index contributed by atoms with van der Waals surface area (Å²) in [6, 6.07) is 1.28. The highest BCUT2D eigenvalue weighted by Crippen LogP contribution is 2.27. The van der Waals surface area contributed by atoms with E-state index in [1.807, 2.05) is 30.0 Å². The van der Waals surface area contributed by atoms with Crippen LogP contribution in [0, 0.1) is 17.2 Å². The fourth-order valence-electron chi connectivity index (χ4n) is 4.34. The molecule has 1 saturated carbocycles. The molecule has 1 atom stereocenters. The first-order valence-corrected chi connectivity index (χ1v) is 12.6. The van der Waals surface area contributed by atoms with Crippen LogP contribution in [0.5, 0.6) is 0 Å². The molecule has 0 aromatic carbocycles. The van der Waals surface area contributed by atoms with E-state index in [1.54, 1.807) is 0 Å². The number of aliphatic imine (C=N–C) groups is 1. The van der Waals surface area contributed by atoms with E-state index in [9.17, 15) is 9.59 Å². The van der Waals surface area contributed by atoms with Crippen molar-refractivity contribution in [2.24, 2.45) is 10.9 Å². The molecule has 1 heterocycles. The molecule has 1 unspecified atom stereocenters. The monoisotopic (exact) mass is 478 g/mol. The summed E-state index contributed by atoms with van der Waals surface area (Å²) in [7, 11) is 3.94. The first kappa shape index (κ1) is 27.9. The number of nitrogens with one attached hydrogen (secondary N) is 2. The van der Waals surface area contributed by atoms with E-state index in [4.69, 9.17) is 19.7 Å². The van der Waals surface area contributed by atoms with E-state index in [-0.39, 0.29) is 12.5 Å². The molecule has 10 heteroatoms. The summed E-state index contributed by atoms with van der Waals surface area (Å²) in [5.74, 6) is 0.449. The van der Waals surface area contributed by atoms with Crippen LogP contribution in [0.1, 0.15) is 57.8 Å². The van der Waals surface area contributed by atoms with Crippen molar-refractivity contribution in [3.8, 4) is 6.07 Å². The van der Waals surface area contributed by atoms with Crippen molar-refractivity contribution < 1.29 is 19.1 Å². The summed E-state index contributed by atoms with van der Waals surface area (Å²) < 4.78 is 10.8. The molecule has 0 bridgehead atoms. The fourth-order valence-corrected chi connectivity index (χ4v) is 4.34. The number of carbonyl (C=O) groups excluding carboxylic acids is 2. The van der Waals surface area contributed by atoms with Gasteiger partial charge in [0, 0.05) is 19.6 Å². The number of amides is 2. The minimum absolute atomic E-state index is 0.0657. The van der Waals surface area contributed by atoms with E-state index < -0.39 is 12.1 Å². The van der Waals surface area contributed by atoms with Crippen molar-refractivity contribution in [1.82, 2.24) is 20.4 Å². The number of nitrogens with zero attached hydrogens (tertiary/aromatic N) is 4. The second kappa shape index (κ2) is 16.3. The van der Waals surface area contributed by atoms with Gasteiger partial charge in [-0.15, -0.1) is 0 Å². The molecule has 0 aromatic rings. The zero-order valence-corrected chi connectivity index (χ0v) is 20.9. The van der Waals surface area contributed by atoms with E-state index >= 15 is 0 Å². The normalized spacial score (nSPS) is 19.0. The molecule has 2 rings (SSSR count). The summed E-state index contributed by atoms with van der Waals surface area (Å²) in [4.78, 5) is 34.2. The number of hydrogen-bond donors (Lipinski definition) is 2. The van der Waals surface area contributed by atoms with Crippen LogP contribution in [0.4, 0.5) is 4.79 Å². The third kappa shape index (κ3) is 11.2. The molecule has 2 amide bonds. The van der Waals surface area contributed by atoms with Crippen molar-refractivity contribution in [3.05, 3.63) is 0 Å². The molecule has 192 valence electrons. The maximum Gasteiger partial charge on any atom is 0.413 e. The largest absolute Gasteiger partial charge is 0.449 e. The first-order chi connectivity index (χ1) is 16.5. The summed E-state index contributed by atoms with van der Waals surface area (Å²) in [5, 5.41) is 14.4. The van der Waals surface area contributed by atoms with E-state index in [0.29, 0.717) is 51.2 Å². The highest BCUT2D eigenvalue weighted by Gasteiger charge is 2.26. The van der Waals surface area contributed by atoms with Gasteiger partial charge in [-0.1, -0.05) is 44.9 Å². The highest BCUT2D eigenvalue weighted by atomic mass is 16.5. The van der Waals surface area contributed by atoms with Crippen molar-refractivity contribution in [1.29, 1.82) is 5.26 Å². The van der Waals surface area contributed by atoms with Crippen molar-refractivity contribution in [2.75, 3.05) is 60.1 Å². The third-order valence-corrected chi connectivity index (χ3v) is 6.21. The van der Waals surface area contributed by atoms with Gasteiger partial charge in [-0.05, 0) is 32.9 Å². The van der Waals surface area contributed by atoms with Gasteiger partial charge in [0.1, 0.15) is 12.6 Å². The van der Waals surface area contributed by atoms with Gasteiger partial charge >= 0.3 is 6.09 Å². The summed E-state index contributed by atoms with van der Waals surface area (Å²) in [6.45, 7) is 3.23. The van der Waals surface area contributed by atoms with Gasteiger partial charge in [-0.3, -0.25) is 10.1 Å². The van der Waals surface area contributed by atoms with Crippen molar-refractivity contribution >= 4 is 18.0 Å². The quantitative estimate of drug-likeness (QED) is 0.225. The van der Waals surface area contributed by atoms with Gasteiger partial charge in [0.15, 0.2) is 0 Å². The average Bonchev–Trinajstić information content (AvgIpc) is 2.81. The summed E-state index contributed by atoms with van der Waals surface area (Å²) in [6.07, 6.45) is 8.96. The number of alkyl carbamates (subject to hydrolysis) is 1. The summed E-state index contributed by atoms with van der Waals surface area (Å²) >= 11 is 0. The molecule has 0 radical (unpaired) electrons. The molecule has 2 N–H and O–H groups in total. The van der Waals surface area contributed by atoms with Crippen LogP contribution < -0.4 is 10.6 Å². The van der Waals surface area contributed by atoms with Gasteiger partial charge < -0.3 is 24.6 Å². The smallest absolute Gasteiger partial charge is 0.413 e. The molecule has 2 fully saturated rings. The highest BCUT2D eigenvalue weighted by molar-refractivity contribution is 5.95. The third-order valence-electron chi connectivity index (χ3n) is 6.21. The number of rotatable bonds is 9. The lowest BCUT2D eigenvalue weighted by atomic mass is 9.86. The number of ether oxygens (including phenoxy) is 2. The molecule has 1 aliphatic heterocycles. The molecular formula is C24H42N6O4. The molecular weight excluding hydrogens is 436 g/mol. The van der Waals surface area contributed by atoms with Gasteiger partial charge in [0.2, 0.25) is 11.9 Å². The standard InChI is InChI=1S/C24H42N6O4/c1-29(2)13-8-16-34-24(32)28-23(30-14-17-33-18-15-30)27-21(22(31)26-12-11-25)19-20-9-6-4-3-5-7-10-20/h20-21H,3-10,12-19H2,1-2H3,(H,26,31)(H,27,28,32). The van der Waals surface area contributed by atoms with Crippen LogP contribution in [0.3, 0.4) is 0 Å². The number of morpholine rings is 1. The van der Waals surface area contributed by atoms with Crippen LogP contribution in [0.15, 0.2) is 4.99 Å². The van der Waals surface area contributed by atoms with Gasteiger partial charge in [0.25, 0.3) is 0 Å². The summed E-state index contributed by atoms with van der Waals surface area (Å²) in [5.41, 5.74) is 0. The Kier molecular flexibility index (Phi) is 13.3. The Balaban J connectivity index is 2.14. The van der Waals surface area contributed by atoms with Gasteiger partial charge in [-0.25, -0.2) is 9.79 Å². The zero-order valence-electron chi connectivity index (χ0n) is 20.9. The van der Waals surface area contributed by atoms with Gasteiger partial charge in [0.05, 0.1) is 25.9 Å². The van der Waals surface area contributed by atoms with Crippen LogP contribution in [-0.4, -0.2) is 93.9 Å². The van der Waals surface area contributed by atoms with Crippen molar-refractivity contribution in [2.45, 2.75) is 63.8 Å². The van der Waals surface area contributed by atoms with Crippen LogP contribution in [0.2, 0.25) is 0 Å². The average molecular weight is 479 g/mol. The Morgan fingerprint density at radius 2 is 1.85 bits per heavy atom. The number of guanidine groups is 1. The second-order valence-corrected chi connectivity index (χ2v) is 9.31. The van der Waals surface area contributed by atoms with Gasteiger partial charge in [-0.2, -0.15) is 5.26 Å². The van der Waals surface area contributed by atoms with Crippen LogP contribution in [0.25, 0.3) is 0 Å². The molecule has 34 heavy (non-hydrogen) atoms. The predicted molar refractivity (Wildman–Crippen MR) is 130 cm³/mol. The lowest BCUT2D eigenvalue weighted by Crippen LogP contribution is -2.50. The maximum absolute atomic E-state index is 12.9. The molecule has 0 spiro atoms. The Bertz CT molecular complexity index is 679. The minimum Gasteiger partial charge on any atom is -0.449 e. The SMILES string of the molecule is CN(C)CCCOC(=O)N/C(=N/C(CC1CCCCCCC1)C(=O)NCC#N)N1CCOCC1. The van der Waals surface area contributed by atoms with E-state index in [0.717, 1.165) is 38.6 Å². The first-order valence-electron chi connectivity index (χ1n) is 12.6. The Morgan fingerprint density at radius 1 is 1.18 bits per heavy atom. The number of nitriles is 1. The lowest BCUT2D eigenvalue weighted by Gasteiger charge is -2.31. The zero-order chi connectivity index (χ0) is 24.6. The van der Waals surface area contributed by atoms with E-state index in [1.165, 1.54) is 19.3 Å². The molecule has 1 saturated heterocycles. The second-order valence-electron chi connectivity index (χ2n) is 9.31. The Morgan fingerprint density at radius 3 is 2.50 bits per heavy atom. The van der Waals surface area contributed by atoms with Crippen molar-refractivity contribution in [3.63, 3.8) is 0 Å². The van der Waals surface area contributed by atoms with Crippen LogP contribution >= 0.6 is 0 Å². The van der Waals surface area contributed by atoms with E-state index in [2.05, 4.69) is 10.6 Å². The molecule has 0 aromatic heterocycles. The fraction of sp³-hybridized carbons (Fsp3) is 0.833. The maximum atomic E-state index is 12.9. The lowest BCUT2D eigenvalue weighted by molar-refractivity contribution is -0.122.